The van der Waals surface area contributed by atoms with Crippen LogP contribution in [-0.2, 0) is 0 Å². The van der Waals surface area contributed by atoms with Gasteiger partial charge in [0.25, 0.3) is 0 Å². The van der Waals surface area contributed by atoms with Crippen LogP contribution in [0.3, 0.4) is 0 Å². The van der Waals surface area contributed by atoms with Crippen LogP contribution in [-0.4, -0.2) is 23.8 Å². The molecule has 3 atom stereocenters. The molecule has 2 saturated carbocycles. The summed E-state index contributed by atoms with van der Waals surface area (Å²) < 4.78 is 0. The van der Waals surface area contributed by atoms with Crippen LogP contribution in [0.25, 0.3) is 0 Å². The number of hydrogen-bond acceptors (Lipinski definition) is 2. The molecule has 0 saturated heterocycles. The highest BCUT2D eigenvalue weighted by Crippen LogP contribution is 2.30. The van der Waals surface area contributed by atoms with Gasteiger partial charge in [0.15, 0.2) is 0 Å². The largest absolute Gasteiger partial charge is 0.396 e. The first kappa shape index (κ1) is 11.4. The van der Waals surface area contributed by atoms with Crippen LogP contribution in [0, 0.1) is 11.8 Å². The van der Waals surface area contributed by atoms with Crippen molar-refractivity contribution in [3.63, 3.8) is 0 Å². The van der Waals surface area contributed by atoms with E-state index in [2.05, 4.69) is 12.2 Å². The summed E-state index contributed by atoms with van der Waals surface area (Å²) in [6, 6.07) is 1.25. The summed E-state index contributed by atoms with van der Waals surface area (Å²) in [5.41, 5.74) is 0. The molecule has 0 aromatic heterocycles. The molecule has 2 aliphatic rings. The molecule has 2 heteroatoms. The van der Waals surface area contributed by atoms with Crippen LogP contribution in [0.15, 0.2) is 0 Å². The zero-order valence-electron chi connectivity index (χ0n) is 9.91. The molecule has 2 aliphatic carbocycles. The summed E-state index contributed by atoms with van der Waals surface area (Å²) >= 11 is 0. The number of aliphatic hydroxyl groups excluding tert-OH is 1. The van der Waals surface area contributed by atoms with E-state index in [0.29, 0.717) is 24.6 Å². The Balaban J connectivity index is 1.79. The van der Waals surface area contributed by atoms with Crippen molar-refractivity contribution in [2.24, 2.45) is 11.8 Å². The Kier molecular flexibility index (Phi) is 4.04. The first-order valence-electron chi connectivity index (χ1n) is 6.68. The fourth-order valence-corrected chi connectivity index (χ4v) is 3.41. The van der Waals surface area contributed by atoms with E-state index in [1.54, 1.807) is 0 Å². The van der Waals surface area contributed by atoms with E-state index < -0.39 is 0 Å². The second-order valence-electron chi connectivity index (χ2n) is 5.48. The monoisotopic (exact) mass is 211 g/mol. The number of nitrogens with one attached hydrogen (secondary N) is 1. The van der Waals surface area contributed by atoms with Crippen molar-refractivity contribution in [3.8, 4) is 0 Å². The van der Waals surface area contributed by atoms with Gasteiger partial charge in [0.2, 0.25) is 0 Å². The Morgan fingerprint density at radius 3 is 2.53 bits per heavy atom. The maximum absolute atomic E-state index is 9.27. The predicted octanol–water partition coefficient (Wildman–Crippen LogP) is 2.32. The molecule has 15 heavy (non-hydrogen) atoms. The topological polar surface area (TPSA) is 32.3 Å². The lowest BCUT2D eigenvalue weighted by atomic mass is 9.96. The second kappa shape index (κ2) is 5.31. The van der Waals surface area contributed by atoms with Crippen molar-refractivity contribution in [2.75, 3.05) is 6.61 Å². The second-order valence-corrected chi connectivity index (χ2v) is 5.48. The molecule has 0 spiro atoms. The normalized spacial score (nSPS) is 34.8. The molecular weight excluding hydrogens is 186 g/mol. The molecule has 0 heterocycles. The fourth-order valence-electron chi connectivity index (χ4n) is 3.41. The van der Waals surface area contributed by atoms with Crippen molar-refractivity contribution < 1.29 is 5.11 Å². The van der Waals surface area contributed by atoms with Gasteiger partial charge in [-0.3, -0.25) is 0 Å². The Hall–Kier alpha value is -0.0800. The molecule has 88 valence electrons. The third-order valence-electron chi connectivity index (χ3n) is 4.48. The molecular formula is C13H25NO. The third-order valence-corrected chi connectivity index (χ3v) is 4.48. The average Bonchev–Trinajstić information content (AvgIpc) is 2.87. The summed E-state index contributed by atoms with van der Waals surface area (Å²) in [7, 11) is 0. The molecule has 0 aliphatic heterocycles. The summed E-state index contributed by atoms with van der Waals surface area (Å²) in [5, 5.41) is 13.0. The standard InChI is InChI=1S/C13H25NO/c1-10(11-5-2-3-6-11)14-13-8-4-7-12(13)9-15/h10-15H,2-9H2,1H3. The van der Waals surface area contributed by atoms with Gasteiger partial charge in [-0.25, -0.2) is 0 Å². The van der Waals surface area contributed by atoms with Gasteiger partial charge in [-0.15, -0.1) is 0 Å². The van der Waals surface area contributed by atoms with Crippen molar-refractivity contribution >= 4 is 0 Å². The smallest absolute Gasteiger partial charge is 0.0474 e. The van der Waals surface area contributed by atoms with Gasteiger partial charge in [0.05, 0.1) is 0 Å². The Morgan fingerprint density at radius 1 is 1.13 bits per heavy atom. The van der Waals surface area contributed by atoms with Gasteiger partial charge in [-0.2, -0.15) is 0 Å². The van der Waals surface area contributed by atoms with Crippen LogP contribution in [0.5, 0.6) is 0 Å². The summed E-state index contributed by atoms with van der Waals surface area (Å²) in [5.74, 6) is 1.42. The SMILES string of the molecule is CC(NC1CCCC1CO)C1CCCC1. The lowest BCUT2D eigenvalue weighted by Gasteiger charge is -2.27. The van der Waals surface area contributed by atoms with Gasteiger partial charge >= 0.3 is 0 Å². The van der Waals surface area contributed by atoms with Crippen molar-refractivity contribution in [1.29, 1.82) is 0 Å². The highest BCUT2D eigenvalue weighted by atomic mass is 16.3. The summed E-state index contributed by atoms with van der Waals surface area (Å²) in [6.07, 6.45) is 9.43. The van der Waals surface area contributed by atoms with Crippen LogP contribution in [0.4, 0.5) is 0 Å². The number of rotatable bonds is 4. The highest BCUT2D eigenvalue weighted by molar-refractivity contribution is 4.87. The number of hydrogen-bond donors (Lipinski definition) is 2. The van der Waals surface area contributed by atoms with Gasteiger partial charge in [-0.05, 0) is 44.4 Å². The molecule has 2 N–H and O–H groups in total. The van der Waals surface area contributed by atoms with Crippen LogP contribution >= 0.6 is 0 Å². The fraction of sp³-hybridized carbons (Fsp3) is 1.00. The van der Waals surface area contributed by atoms with E-state index >= 15 is 0 Å². The van der Waals surface area contributed by atoms with Crippen molar-refractivity contribution in [1.82, 2.24) is 5.32 Å². The van der Waals surface area contributed by atoms with E-state index in [9.17, 15) is 5.11 Å². The van der Waals surface area contributed by atoms with Crippen LogP contribution < -0.4 is 5.32 Å². The molecule has 2 nitrogen and oxygen atoms in total. The molecule has 3 unspecified atom stereocenters. The lowest BCUT2D eigenvalue weighted by molar-refractivity contribution is 0.193. The minimum absolute atomic E-state index is 0.370. The molecule has 0 aromatic carbocycles. The maximum atomic E-state index is 9.27. The quantitative estimate of drug-likeness (QED) is 0.748. The summed E-state index contributed by atoms with van der Waals surface area (Å²) in [4.78, 5) is 0. The first-order valence-corrected chi connectivity index (χ1v) is 6.68. The minimum atomic E-state index is 0.370. The van der Waals surface area contributed by atoms with E-state index in [-0.39, 0.29) is 0 Å². The zero-order chi connectivity index (χ0) is 10.7. The van der Waals surface area contributed by atoms with Crippen molar-refractivity contribution in [2.45, 2.75) is 64.0 Å². The van der Waals surface area contributed by atoms with E-state index in [0.717, 1.165) is 5.92 Å². The molecule has 0 amide bonds. The zero-order valence-corrected chi connectivity index (χ0v) is 9.91. The van der Waals surface area contributed by atoms with Crippen LogP contribution in [0.2, 0.25) is 0 Å². The Bertz CT molecular complexity index is 189. The Labute approximate surface area is 93.5 Å². The maximum Gasteiger partial charge on any atom is 0.0474 e. The predicted molar refractivity (Wildman–Crippen MR) is 62.8 cm³/mol. The summed E-state index contributed by atoms with van der Waals surface area (Å²) in [6.45, 7) is 2.71. The van der Waals surface area contributed by atoms with Gasteiger partial charge in [0.1, 0.15) is 0 Å². The molecule has 2 fully saturated rings. The van der Waals surface area contributed by atoms with Crippen molar-refractivity contribution in [3.05, 3.63) is 0 Å². The lowest BCUT2D eigenvalue weighted by Crippen LogP contribution is -2.43. The van der Waals surface area contributed by atoms with E-state index in [1.807, 2.05) is 0 Å². The third kappa shape index (κ3) is 2.73. The first-order chi connectivity index (χ1) is 7.31. The molecule has 0 bridgehead atoms. The molecule has 2 rings (SSSR count). The molecule has 0 radical (unpaired) electrons. The van der Waals surface area contributed by atoms with Gasteiger partial charge in [-0.1, -0.05) is 19.3 Å². The highest BCUT2D eigenvalue weighted by Gasteiger charge is 2.30. The van der Waals surface area contributed by atoms with Crippen LogP contribution in [0.1, 0.15) is 51.9 Å². The van der Waals surface area contributed by atoms with E-state index in [1.165, 1.54) is 44.9 Å². The van der Waals surface area contributed by atoms with Gasteiger partial charge in [0, 0.05) is 18.7 Å². The number of aliphatic hydroxyl groups is 1. The van der Waals surface area contributed by atoms with Gasteiger partial charge < -0.3 is 10.4 Å². The minimum Gasteiger partial charge on any atom is -0.396 e. The van der Waals surface area contributed by atoms with E-state index in [4.69, 9.17) is 0 Å². The molecule has 0 aromatic rings. The average molecular weight is 211 g/mol. The Morgan fingerprint density at radius 2 is 1.87 bits per heavy atom.